The Bertz CT molecular complexity index is 944. The van der Waals surface area contributed by atoms with E-state index < -0.39 is 0 Å². The third kappa shape index (κ3) is 7.30. The van der Waals surface area contributed by atoms with Crippen molar-refractivity contribution < 1.29 is 14.3 Å². The highest BCUT2D eigenvalue weighted by molar-refractivity contribution is 5.79. The summed E-state index contributed by atoms with van der Waals surface area (Å²) < 4.78 is 6.03. The summed E-state index contributed by atoms with van der Waals surface area (Å²) in [6.07, 6.45) is 2.04. The average molecular weight is 465 g/mol. The zero-order valence-corrected chi connectivity index (χ0v) is 20.1. The fraction of sp³-hybridized carbons (Fsp3) is 0.481. The highest BCUT2D eigenvalue weighted by atomic mass is 16.5. The van der Waals surface area contributed by atoms with E-state index >= 15 is 0 Å². The zero-order chi connectivity index (χ0) is 23.8. The molecule has 0 aromatic heterocycles. The van der Waals surface area contributed by atoms with Crippen LogP contribution in [0.2, 0.25) is 0 Å². The fourth-order valence-electron chi connectivity index (χ4n) is 4.70. The minimum atomic E-state index is 0.161. The van der Waals surface area contributed by atoms with Gasteiger partial charge in [-0.15, -0.1) is 0 Å². The number of piperazine rings is 1. The highest BCUT2D eigenvalue weighted by Gasteiger charge is 2.22. The second kappa shape index (κ2) is 12.0. The number of ether oxygens (including phenoxy) is 1. The minimum Gasteiger partial charge on any atom is -0.492 e. The summed E-state index contributed by atoms with van der Waals surface area (Å²) in [5.74, 6) is 1.25. The number of rotatable bonds is 10. The molecule has 182 valence electrons. The van der Waals surface area contributed by atoms with Gasteiger partial charge < -0.3 is 19.9 Å². The van der Waals surface area contributed by atoms with Crippen LogP contribution in [-0.2, 0) is 22.6 Å². The molecule has 2 aliphatic rings. The van der Waals surface area contributed by atoms with Crippen molar-refractivity contribution in [3.63, 3.8) is 0 Å². The van der Waals surface area contributed by atoms with Crippen molar-refractivity contribution >= 4 is 11.8 Å². The van der Waals surface area contributed by atoms with Crippen LogP contribution in [0, 0.1) is 0 Å². The van der Waals surface area contributed by atoms with E-state index in [1.807, 2.05) is 47.4 Å². The van der Waals surface area contributed by atoms with Crippen molar-refractivity contribution in [2.24, 2.45) is 0 Å². The van der Waals surface area contributed by atoms with Gasteiger partial charge in [-0.3, -0.25) is 14.5 Å². The first kappa shape index (κ1) is 24.2. The Morgan fingerprint density at radius 1 is 1.06 bits per heavy atom. The van der Waals surface area contributed by atoms with E-state index in [9.17, 15) is 9.59 Å². The third-order valence-electron chi connectivity index (χ3n) is 6.57. The topological polar surface area (TPSA) is 65.1 Å². The molecule has 2 aromatic carbocycles. The standard InChI is InChI=1S/C27H36N4O3/c1-29(21-24-10-11-26(32)28-24)20-23-8-5-9-25(18-23)34-17-16-30-12-14-31(15-13-30)27(33)19-22-6-3-2-4-7-22/h2-9,18,24H,10-17,19-21H2,1H3,(H,28,32). The SMILES string of the molecule is CN(Cc1cccc(OCCN2CCN(C(=O)Cc3ccccc3)CC2)c1)CC1CCC(=O)N1. The second-order valence-corrected chi connectivity index (χ2v) is 9.38. The summed E-state index contributed by atoms with van der Waals surface area (Å²) in [7, 11) is 2.09. The van der Waals surface area contributed by atoms with E-state index in [0.717, 1.165) is 63.5 Å². The number of hydrogen-bond donors (Lipinski definition) is 1. The average Bonchev–Trinajstić information content (AvgIpc) is 3.24. The van der Waals surface area contributed by atoms with Crippen LogP contribution in [0.1, 0.15) is 24.0 Å². The van der Waals surface area contributed by atoms with Gasteiger partial charge in [0.05, 0.1) is 6.42 Å². The molecule has 1 unspecified atom stereocenters. The van der Waals surface area contributed by atoms with Crippen molar-refractivity contribution in [2.75, 3.05) is 52.9 Å². The van der Waals surface area contributed by atoms with E-state index in [2.05, 4.69) is 34.3 Å². The number of benzene rings is 2. The number of carbonyl (C=O) groups is 2. The van der Waals surface area contributed by atoms with Gasteiger partial charge in [-0.2, -0.15) is 0 Å². The largest absolute Gasteiger partial charge is 0.492 e. The van der Waals surface area contributed by atoms with Crippen LogP contribution in [0.5, 0.6) is 5.75 Å². The van der Waals surface area contributed by atoms with E-state index in [4.69, 9.17) is 4.74 Å². The molecule has 34 heavy (non-hydrogen) atoms. The quantitative estimate of drug-likeness (QED) is 0.584. The van der Waals surface area contributed by atoms with Crippen molar-refractivity contribution in [2.45, 2.75) is 31.8 Å². The maximum atomic E-state index is 12.6. The summed E-state index contributed by atoms with van der Waals surface area (Å²) in [4.78, 5) is 30.5. The van der Waals surface area contributed by atoms with Gasteiger partial charge in [0.15, 0.2) is 0 Å². The molecule has 0 aliphatic carbocycles. The number of carbonyl (C=O) groups excluding carboxylic acids is 2. The van der Waals surface area contributed by atoms with Gasteiger partial charge in [0.25, 0.3) is 0 Å². The normalized spacial score (nSPS) is 18.8. The number of likely N-dealkylation sites (N-methyl/N-ethyl adjacent to an activating group) is 1. The fourth-order valence-corrected chi connectivity index (χ4v) is 4.70. The van der Waals surface area contributed by atoms with Crippen molar-refractivity contribution in [3.8, 4) is 5.75 Å². The van der Waals surface area contributed by atoms with Gasteiger partial charge in [0, 0.05) is 58.3 Å². The predicted molar refractivity (Wildman–Crippen MR) is 133 cm³/mol. The van der Waals surface area contributed by atoms with Gasteiger partial charge >= 0.3 is 0 Å². The lowest BCUT2D eigenvalue weighted by atomic mass is 10.1. The molecule has 2 heterocycles. The predicted octanol–water partition coefficient (Wildman–Crippen LogP) is 2.16. The third-order valence-corrected chi connectivity index (χ3v) is 6.57. The lowest BCUT2D eigenvalue weighted by molar-refractivity contribution is -0.132. The Morgan fingerprint density at radius 3 is 2.56 bits per heavy atom. The van der Waals surface area contributed by atoms with E-state index in [1.54, 1.807) is 0 Å². The summed E-state index contributed by atoms with van der Waals surface area (Å²) in [5, 5.41) is 3.03. The molecule has 0 bridgehead atoms. The molecule has 7 nitrogen and oxygen atoms in total. The summed E-state index contributed by atoms with van der Waals surface area (Å²) >= 11 is 0. The Balaban J connectivity index is 1.14. The monoisotopic (exact) mass is 464 g/mol. The Hall–Kier alpha value is -2.90. The van der Waals surface area contributed by atoms with Crippen LogP contribution in [0.15, 0.2) is 54.6 Å². The Labute approximate surface area is 202 Å². The number of nitrogens with one attached hydrogen (secondary N) is 1. The van der Waals surface area contributed by atoms with Gasteiger partial charge in [0.1, 0.15) is 12.4 Å². The van der Waals surface area contributed by atoms with E-state index in [1.165, 1.54) is 5.56 Å². The molecule has 2 aliphatic heterocycles. The molecule has 0 radical (unpaired) electrons. The van der Waals surface area contributed by atoms with Gasteiger partial charge in [0.2, 0.25) is 11.8 Å². The van der Waals surface area contributed by atoms with Gasteiger partial charge in [-0.25, -0.2) is 0 Å². The van der Waals surface area contributed by atoms with Crippen LogP contribution in [0.25, 0.3) is 0 Å². The van der Waals surface area contributed by atoms with Gasteiger partial charge in [-0.1, -0.05) is 42.5 Å². The first-order chi connectivity index (χ1) is 16.5. The van der Waals surface area contributed by atoms with E-state index in [-0.39, 0.29) is 17.9 Å². The molecule has 2 fully saturated rings. The number of amides is 2. The minimum absolute atomic E-state index is 0.161. The number of hydrogen-bond acceptors (Lipinski definition) is 5. The number of nitrogens with zero attached hydrogens (tertiary/aromatic N) is 3. The Morgan fingerprint density at radius 2 is 1.82 bits per heavy atom. The maximum absolute atomic E-state index is 12.6. The second-order valence-electron chi connectivity index (χ2n) is 9.38. The summed E-state index contributed by atoms with van der Waals surface area (Å²) in [6, 6.07) is 18.5. The molecule has 1 N–H and O–H groups in total. The molecule has 2 amide bonds. The smallest absolute Gasteiger partial charge is 0.227 e. The van der Waals surface area contributed by atoms with Crippen molar-refractivity contribution in [3.05, 3.63) is 65.7 Å². The molecule has 1 atom stereocenters. The van der Waals surface area contributed by atoms with E-state index in [0.29, 0.717) is 19.4 Å². The van der Waals surface area contributed by atoms with Crippen LogP contribution >= 0.6 is 0 Å². The lowest BCUT2D eigenvalue weighted by Gasteiger charge is -2.34. The van der Waals surface area contributed by atoms with Crippen molar-refractivity contribution in [1.29, 1.82) is 0 Å². The molecule has 4 rings (SSSR count). The van der Waals surface area contributed by atoms with Crippen LogP contribution in [-0.4, -0.2) is 85.5 Å². The molecule has 2 aromatic rings. The Kier molecular flexibility index (Phi) is 8.55. The van der Waals surface area contributed by atoms with Crippen LogP contribution in [0.4, 0.5) is 0 Å². The molecule has 2 saturated heterocycles. The van der Waals surface area contributed by atoms with Crippen molar-refractivity contribution in [1.82, 2.24) is 20.0 Å². The molecular formula is C27H36N4O3. The molecule has 7 heteroatoms. The first-order valence-corrected chi connectivity index (χ1v) is 12.3. The molecule has 0 spiro atoms. The van der Waals surface area contributed by atoms with Crippen LogP contribution in [0.3, 0.4) is 0 Å². The van der Waals surface area contributed by atoms with Gasteiger partial charge in [-0.05, 0) is 36.7 Å². The maximum Gasteiger partial charge on any atom is 0.227 e. The zero-order valence-electron chi connectivity index (χ0n) is 20.1. The van der Waals surface area contributed by atoms with Crippen LogP contribution < -0.4 is 10.1 Å². The lowest BCUT2D eigenvalue weighted by Crippen LogP contribution is -2.49. The highest BCUT2D eigenvalue weighted by Crippen LogP contribution is 2.16. The first-order valence-electron chi connectivity index (χ1n) is 12.3. The molecule has 0 saturated carbocycles. The summed E-state index contributed by atoms with van der Waals surface area (Å²) in [6.45, 7) is 6.47. The molecular weight excluding hydrogens is 428 g/mol. The summed E-state index contributed by atoms with van der Waals surface area (Å²) in [5.41, 5.74) is 2.27.